The van der Waals surface area contributed by atoms with Crippen molar-refractivity contribution < 1.29 is 89.4 Å². The van der Waals surface area contributed by atoms with Gasteiger partial charge in [-0.15, -0.1) is 0 Å². The van der Waals surface area contributed by atoms with Gasteiger partial charge < -0.3 is 89.9 Å². The van der Waals surface area contributed by atoms with Crippen LogP contribution in [-0.2, 0) is 33.2 Å². The number of carbonyl (C=O) groups is 1. The average Bonchev–Trinajstić information content (AvgIpc) is 2.90. The zero-order valence-corrected chi connectivity index (χ0v) is 51.6. The molecule has 17 unspecified atom stereocenters. The molecule has 0 aliphatic carbocycles. The molecule has 0 bridgehead atoms. The first-order valence-electron chi connectivity index (χ1n) is 33.2. The van der Waals surface area contributed by atoms with Crippen LogP contribution < -0.4 is 5.32 Å². The Morgan fingerprint density at radius 1 is 0.417 bits per heavy atom. The van der Waals surface area contributed by atoms with Gasteiger partial charge in [-0.2, -0.15) is 0 Å². The van der Waals surface area contributed by atoms with E-state index in [4.69, 9.17) is 28.4 Å². The minimum absolute atomic E-state index is 0.229. The van der Waals surface area contributed by atoms with Gasteiger partial charge in [-0.25, -0.2) is 0 Å². The second-order valence-corrected chi connectivity index (χ2v) is 23.9. The van der Waals surface area contributed by atoms with Gasteiger partial charge in [0.25, 0.3) is 0 Å². The molecule has 0 radical (unpaired) electrons. The molecule has 3 aliphatic heterocycles. The smallest absolute Gasteiger partial charge is 0.220 e. The monoisotopic (exact) mass is 1200 g/mol. The van der Waals surface area contributed by atoms with Gasteiger partial charge in [0, 0.05) is 6.42 Å². The average molecular weight is 1200 g/mol. The molecule has 0 aromatic heterocycles. The van der Waals surface area contributed by atoms with Crippen molar-refractivity contribution in [2.24, 2.45) is 0 Å². The van der Waals surface area contributed by atoms with E-state index in [0.717, 1.165) is 57.8 Å². The molecule has 19 heteroatoms. The Kier molecular flexibility index (Phi) is 43.5. The highest BCUT2D eigenvalue weighted by Crippen LogP contribution is 2.33. The number of nitrogens with one attached hydrogen (secondary N) is 1. The van der Waals surface area contributed by atoms with Gasteiger partial charge in [0.05, 0.1) is 38.6 Å². The van der Waals surface area contributed by atoms with Crippen molar-refractivity contribution in [3.63, 3.8) is 0 Å². The number of rotatable bonds is 50. The lowest BCUT2D eigenvalue weighted by atomic mass is 9.96. The molecule has 17 atom stereocenters. The quantitative estimate of drug-likeness (QED) is 0.0205. The summed E-state index contributed by atoms with van der Waals surface area (Å²) >= 11 is 0. The van der Waals surface area contributed by atoms with Gasteiger partial charge in [-0.05, 0) is 44.9 Å². The Morgan fingerprint density at radius 3 is 1.19 bits per heavy atom. The lowest BCUT2D eigenvalue weighted by molar-refractivity contribution is -0.379. The van der Waals surface area contributed by atoms with E-state index in [2.05, 4.69) is 43.5 Å². The molecule has 12 N–H and O–H groups in total. The first-order chi connectivity index (χ1) is 40.8. The van der Waals surface area contributed by atoms with Crippen molar-refractivity contribution in [1.82, 2.24) is 5.32 Å². The van der Waals surface area contributed by atoms with E-state index < -0.39 is 124 Å². The minimum atomic E-state index is -1.98. The van der Waals surface area contributed by atoms with Crippen LogP contribution in [0.4, 0.5) is 0 Å². The molecular formula is C65H119NO18. The SMILES string of the molecule is CCCCCCCCCCCCCCCCCCCCCCCCC/C=C/CC/C=C/CC/C=C/C(O)C(COC1OC(CO)C(OC2OC(CO)C(OC3OC(CO)C(O)C(O)C3O)C(O)C2O)C(O)C1O)NC(=O)CCCCCCCC. The summed E-state index contributed by atoms with van der Waals surface area (Å²) in [4.78, 5) is 13.1. The Balaban J connectivity index is 1.34. The summed E-state index contributed by atoms with van der Waals surface area (Å²) in [6.07, 6.45) is 28.0. The number of amides is 1. The van der Waals surface area contributed by atoms with Crippen molar-refractivity contribution in [1.29, 1.82) is 0 Å². The number of carbonyl (C=O) groups excluding carboxylic acids is 1. The van der Waals surface area contributed by atoms with E-state index in [1.54, 1.807) is 6.08 Å². The Morgan fingerprint density at radius 2 is 0.762 bits per heavy atom. The fourth-order valence-corrected chi connectivity index (χ4v) is 11.2. The predicted molar refractivity (Wildman–Crippen MR) is 323 cm³/mol. The van der Waals surface area contributed by atoms with E-state index in [0.29, 0.717) is 12.8 Å². The lowest BCUT2D eigenvalue weighted by Crippen LogP contribution is -2.66. The first kappa shape index (κ1) is 76.3. The molecule has 0 aromatic rings. The fourth-order valence-electron chi connectivity index (χ4n) is 11.2. The minimum Gasteiger partial charge on any atom is -0.394 e. The molecule has 0 spiro atoms. The third kappa shape index (κ3) is 30.5. The van der Waals surface area contributed by atoms with Crippen molar-refractivity contribution in [2.45, 2.75) is 343 Å². The molecule has 3 heterocycles. The van der Waals surface area contributed by atoms with Crippen LogP contribution in [0.25, 0.3) is 0 Å². The summed E-state index contributed by atoms with van der Waals surface area (Å²) < 4.78 is 34.1. The number of ether oxygens (including phenoxy) is 6. The van der Waals surface area contributed by atoms with E-state index in [-0.39, 0.29) is 18.9 Å². The number of hydrogen-bond acceptors (Lipinski definition) is 18. The third-order valence-electron chi connectivity index (χ3n) is 16.7. The summed E-state index contributed by atoms with van der Waals surface area (Å²) in [6, 6.07) is -0.991. The third-order valence-corrected chi connectivity index (χ3v) is 16.7. The molecule has 492 valence electrons. The highest BCUT2D eigenvalue weighted by molar-refractivity contribution is 5.76. The maximum absolute atomic E-state index is 13.1. The van der Waals surface area contributed by atoms with Crippen LogP contribution in [0.3, 0.4) is 0 Å². The Bertz CT molecular complexity index is 1670. The molecule has 0 aromatic carbocycles. The van der Waals surface area contributed by atoms with Gasteiger partial charge in [-0.3, -0.25) is 4.79 Å². The Labute approximate surface area is 504 Å². The summed E-state index contributed by atoms with van der Waals surface area (Å²) in [5, 5.41) is 120. The number of aliphatic hydroxyl groups is 11. The van der Waals surface area contributed by atoms with Crippen LogP contribution in [0, 0.1) is 0 Å². The van der Waals surface area contributed by atoms with E-state index in [9.17, 15) is 61.0 Å². The lowest BCUT2D eigenvalue weighted by Gasteiger charge is -2.48. The second kappa shape index (κ2) is 47.9. The maximum Gasteiger partial charge on any atom is 0.220 e. The van der Waals surface area contributed by atoms with Gasteiger partial charge in [0.1, 0.15) is 73.2 Å². The molecule has 3 saturated heterocycles. The normalized spacial score (nSPS) is 29.4. The predicted octanol–water partition coefficient (Wildman–Crippen LogP) is 7.66. The number of aliphatic hydroxyl groups excluding tert-OH is 11. The standard InChI is InChI=1S/C65H119NO18/c1-3-5-7-9-11-12-13-14-15-16-17-18-19-20-21-22-23-24-25-26-27-28-29-30-31-32-33-34-35-36-37-38-40-42-49(70)48(66-53(71)43-41-39-10-8-6-4-2)47-79-63-59(77)56(74)61(51(45-68)81-63)84-65-60(78)57(75)62(52(46-69)82-65)83-64-58(76)55(73)54(72)50(44-67)80-64/h31-32,35-36,40,42,48-52,54-65,67-70,72-78H,3-30,33-34,37-39,41,43-47H2,1-2H3,(H,66,71)/b32-31+,36-35+,42-40+. The van der Waals surface area contributed by atoms with Crippen molar-refractivity contribution in [3.05, 3.63) is 36.5 Å². The topological polar surface area (TPSA) is 307 Å². The van der Waals surface area contributed by atoms with Gasteiger partial charge in [-0.1, -0.05) is 224 Å². The van der Waals surface area contributed by atoms with Gasteiger partial charge >= 0.3 is 0 Å². The highest BCUT2D eigenvalue weighted by Gasteiger charge is 2.53. The largest absolute Gasteiger partial charge is 0.394 e. The number of allylic oxidation sites excluding steroid dienone is 5. The zero-order chi connectivity index (χ0) is 61.2. The van der Waals surface area contributed by atoms with E-state index in [1.165, 1.54) is 148 Å². The van der Waals surface area contributed by atoms with Crippen LogP contribution >= 0.6 is 0 Å². The highest BCUT2D eigenvalue weighted by atomic mass is 16.8. The fraction of sp³-hybridized carbons (Fsp3) is 0.892. The van der Waals surface area contributed by atoms with Crippen molar-refractivity contribution >= 4 is 5.91 Å². The maximum atomic E-state index is 13.1. The summed E-state index contributed by atoms with van der Waals surface area (Å²) in [7, 11) is 0. The summed E-state index contributed by atoms with van der Waals surface area (Å²) in [5.41, 5.74) is 0. The van der Waals surface area contributed by atoms with Crippen LogP contribution in [0.1, 0.15) is 239 Å². The van der Waals surface area contributed by atoms with Crippen LogP contribution in [0.15, 0.2) is 36.5 Å². The molecular weight excluding hydrogens is 1080 g/mol. The van der Waals surface area contributed by atoms with Gasteiger partial charge in [0.15, 0.2) is 18.9 Å². The molecule has 3 rings (SSSR count). The Hall–Kier alpha value is -1.99. The second-order valence-electron chi connectivity index (χ2n) is 23.9. The van der Waals surface area contributed by atoms with Gasteiger partial charge in [0.2, 0.25) is 5.91 Å². The molecule has 0 saturated carbocycles. The zero-order valence-electron chi connectivity index (χ0n) is 51.6. The molecule has 3 aliphatic rings. The summed E-state index contributed by atoms with van der Waals surface area (Å²) in [6.45, 7) is 1.62. The van der Waals surface area contributed by atoms with Crippen molar-refractivity contribution in [3.8, 4) is 0 Å². The molecule has 1 amide bonds. The van der Waals surface area contributed by atoms with E-state index in [1.807, 2.05) is 6.08 Å². The molecule has 84 heavy (non-hydrogen) atoms. The summed E-state index contributed by atoms with van der Waals surface area (Å²) in [5.74, 6) is -0.299. The first-order valence-corrected chi connectivity index (χ1v) is 33.2. The van der Waals surface area contributed by atoms with Crippen LogP contribution in [-0.4, -0.2) is 193 Å². The molecule has 19 nitrogen and oxygen atoms in total. The number of unbranched alkanes of at least 4 members (excludes halogenated alkanes) is 30. The number of hydrogen-bond donors (Lipinski definition) is 12. The van der Waals surface area contributed by atoms with E-state index >= 15 is 0 Å². The van der Waals surface area contributed by atoms with Crippen LogP contribution in [0.2, 0.25) is 0 Å². The van der Waals surface area contributed by atoms with Crippen molar-refractivity contribution in [2.75, 3.05) is 26.4 Å². The van der Waals surface area contributed by atoms with Crippen LogP contribution in [0.5, 0.6) is 0 Å². The molecule has 3 fully saturated rings.